The zero-order chi connectivity index (χ0) is 15.5. The number of halogens is 1. The van der Waals surface area contributed by atoms with Gasteiger partial charge in [-0.1, -0.05) is 18.2 Å². The molecule has 1 atom stereocenters. The van der Waals surface area contributed by atoms with E-state index in [1.165, 1.54) is 19.4 Å². The van der Waals surface area contributed by atoms with Crippen LogP contribution in [0.15, 0.2) is 24.3 Å². The van der Waals surface area contributed by atoms with Crippen molar-refractivity contribution in [2.75, 3.05) is 19.6 Å². The average Bonchev–Trinajstić information content (AvgIpc) is 3.37. The Morgan fingerprint density at radius 3 is 2.52 bits per heavy atom. The summed E-state index contributed by atoms with van der Waals surface area (Å²) >= 11 is 0. The summed E-state index contributed by atoms with van der Waals surface area (Å²) in [6.45, 7) is 5.27. The molecule has 1 N–H and O–H groups in total. The van der Waals surface area contributed by atoms with E-state index in [9.17, 15) is 10.1 Å². The number of nitro groups is 1. The first kappa shape index (κ1) is 18.2. The van der Waals surface area contributed by atoms with Gasteiger partial charge in [0.25, 0.3) is 5.69 Å². The fourth-order valence-electron chi connectivity index (χ4n) is 3.35. The molecule has 1 aromatic carbocycles. The van der Waals surface area contributed by atoms with Crippen molar-refractivity contribution in [3.63, 3.8) is 0 Å². The first-order valence-electron chi connectivity index (χ1n) is 8.36. The van der Waals surface area contributed by atoms with Crippen LogP contribution in [0.1, 0.15) is 44.2 Å². The molecule has 1 saturated heterocycles. The molecule has 2 aliphatic rings. The van der Waals surface area contributed by atoms with Gasteiger partial charge in [0.2, 0.25) is 0 Å². The molecule has 1 unspecified atom stereocenters. The van der Waals surface area contributed by atoms with Gasteiger partial charge in [0.1, 0.15) is 0 Å². The van der Waals surface area contributed by atoms with E-state index in [1.807, 2.05) is 12.1 Å². The third kappa shape index (κ3) is 4.66. The van der Waals surface area contributed by atoms with E-state index < -0.39 is 0 Å². The van der Waals surface area contributed by atoms with Crippen molar-refractivity contribution < 1.29 is 4.92 Å². The normalized spacial score (nSPS) is 20.7. The van der Waals surface area contributed by atoms with Crippen LogP contribution < -0.4 is 5.32 Å². The smallest absolute Gasteiger partial charge is 0.274 e. The highest BCUT2D eigenvalue weighted by Crippen LogP contribution is 2.31. The number of rotatable bonds is 6. The lowest BCUT2D eigenvalue weighted by atomic mass is 9.99. The molecule has 6 heteroatoms. The SMILES string of the molecule is CC(c1ccccc1[N+](=O)[O-])N1CCC(NCC2CC2)CC1.Cl. The minimum Gasteiger partial charge on any atom is -0.314 e. The molecule has 1 aromatic rings. The molecule has 0 aromatic heterocycles. The second kappa shape index (κ2) is 8.08. The third-order valence-corrected chi connectivity index (χ3v) is 5.05. The minimum atomic E-state index is -0.268. The number of nitro benzene ring substituents is 1. The van der Waals surface area contributed by atoms with Crippen molar-refractivity contribution in [3.05, 3.63) is 39.9 Å². The van der Waals surface area contributed by atoms with Crippen molar-refractivity contribution in [2.45, 2.75) is 44.7 Å². The molecule has 1 saturated carbocycles. The minimum absolute atomic E-state index is 0. The van der Waals surface area contributed by atoms with E-state index in [0.29, 0.717) is 6.04 Å². The van der Waals surface area contributed by atoms with Gasteiger partial charge in [-0.15, -0.1) is 12.4 Å². The lowest BCUT2D eigenvalue weighted by molar-refractivity contribution is -0.386. The van der Waals surface area contributed by atoms with Crippen molar-refractivity contribution in [1.82, 2.24) is 10.2 Å². The van der Waals surface area contributed by atoms with Gasteiger partial charge in [-0.2, -0.15) is 0 Å². The Labute approximate surface area is 144 Å². The van der Waals surface area contributed by atoms with Crippen LogP contribution >= 0.6 is 12.4 Å². The number of piperidine rings is 1. The summed E-state index contributed by atoms with van der Waals surface area (Å²) in [6, 6.07) is 7.85. The molecular formula is C17H26ClN3O2. The van der Waals surface area contributed by atoms with Crippen LogP contribution in [0.4, 0.5) is 5.69 Å². The van der Waals surface area contributed by atoms with Gasteiger partial charge in [0.15, 0.2) is 0 Å². The maximum atomic E-state index is 11.2. The number of hydrogen-bond donors (Lipinski definition) is 1. The summed E-state index contributed by atoms with van der Waals surface area (Å²) in [5.74, 6) is 0.920. The second-order valence-corrected chi connectivity index (χ2v) is 6.65. The Hall–Kier alpha value is -1.17. The molecule has 1 heterocycles. The van der Waals surface area contributed by atoms with Crippen molar-refractivity contribution in [2.24, 2.45) is 5.92 Å². The van der Waals surface area contributed by atoms with E-state index in [-0.39, 0.29) is 29.1 Å². The molecule has 0 bridgehead atoms. The molecule has 2 fully saturated rings. The molecule has 5 nitrogen and oxygen atoms in total. The fraction of sp³-hybridized carbons (Fsp3) is 0.647. The van der Waals surface area contributed by atoms with Gasteiger partial charge >= 0.3 is 0 Å². The lowest BCUT2D eigenvalue weighted by Crippen LogP contribution is -2.43. The Kier molecular flexibility index (Phi) is 6.39. The Balaban J connectivity index is 0.00000192. The van der Waals surface area contributed by atoms with Crippen LogP contribution in [0, 0.1) is 16.0 Å². The molecule has 0 amide bonds. The summed E-state index contributed by atoms with van der Waals surface area (Å²) < 4.78 is 0. The first-order valence-corrected chi connectivity index (χ1v) is 8.36. The predicted molar refractivity (Wildman–Crippen MR) is 94.1 cm³/mol. The van der Waals surface area contributed by atoms with E-state index in [4.69, 9.17) is 0 Å². The van der Waals surface area contributed by atoms with Crippen LogP contribution in [0.2, 0.25) is 0 Å². The average molecular weight is 340 g/mol. The number of nitrogens with zero attached hydrogens (tertiary/aromatic N) is 2. The number of benzene rings is 1. The van der Waals surface area contributed by atoms with E-state index in [2.05, 4.69) is 17.1 Å². The summed E-state index contributed by atoms with van der Waals surface area (Å²) in [5.41, 5.74) is 1.07. The summed E-state index contributed by atoms with van der Waals surface area (Å²) in [6.07, 6.45) is 5.05. The van der Waals surface area contributed by atoms with Crippen LogP contribution in [0.5, 0.6) is 0 Å². The van der Waals surface area contributed by atoms with Crippen LogP contribution in [0.3, 0.4) is 0 Å². The van der Waals surface area contributed by atoms with Crippen LogP contribution in [-0.2, 0) is 0 Å². The molecule has 3 rings (SSSR count). The number of nitrogens with one attached hydrogen (secondary N) is 1. The van der Waals surface area contributed by atoms with Crippen molar-refractivity contribution in [1.29, 1.82) is 0 Å². The summed E-state index contributed by atoms with van der Waals surface area (Å²) in [4.78, 5) is 13.3. The first-order chi connectivity index (χ1) is 10.6. The van der Waals surface area contributed by atoms with Crippen LogP contribution in [0.25, 0.3) is 0 Å². The Morgan fingerprint density at radius 2 is 1.91 bits per heavy atom. The second-order valence-electron chi connectivity index (χ2n) is 6.65. The van der Waals surface area contributed by atoms with E-state index in [1.54, 1.807) is 12.1 Å². The molecule has 0 radical (unpaired) electrons. The van der Waals surface area contributed by atoms with Gasteiger partial charge in [-0.3, -0.25) is 15.0 Å². The highest BCUT2D eigenvalue weighted by atomic mass is 35.5. The fourth-order valence-corrected chi connectivity index (χ4v) is 3.35. The van der Waals surface area contributed by atoms with Crippen molar-refractivity contribution >= 4 is 18.1 Å². The number of likely N-dealkylation sites (tertiary alicyclic amines) is 1. The van der Waals surface area contributed by atoms with Crippen molar-refractivity contribution in [3.8, 4) is 0 Å². The molecule has 128 valence electrons. The third-order valence-electron chi connectivity index (χ3n) is 5.05. The Bertz CT molecular complexity index is 528. The molecule has 0 spiro atoms. The van der Waals surface area contributed by atoms with Gasteiger partial charge in [-0.05, 0) is 45.1 Å². The molecular weight excluding hydrogens is 314 g/mol. The Morgan fingerprint density at radius 1 is 1.26 bits per heavy atom. The van der Waals surface area contributed by atoms with Crippen LogP contribution in [-0.4, -0.2) is 35.5 Å². The van der Waals surface area contributed by atoms with E-state index >= 15 is 0 Å². The maximum absolute atomic E-state index is 11.2. The number of hydrogen-bond acceptors (Lipinski definition) is 4. The number of para-hydroxylation sites is 1. The highest BCUT2D eigenvalue weighted by Gasteiger charge is 2.28. The quantitative estimate of drug-likeness (QED) is 0.636. The summed E-state index contributed by atoms with van der Waals surface area (Å²) in [5, 5.41) is 14.9. The zero-order valence-corrected chi connectivity index (χ0v) is 14.4. The van der Waals surface area contributed by atoms with Gasteiger partial charge in [0, 0.05) is 36.8 Å². The highest BCUT2D eigenvalue weighted by molar-refractivity contribution is 5.85. The van der Waals surface area contributed by atoms with Gasteiger partial charge < -0.3 is 5.32 Å². The van der Waals surface area contributed by atoms with Gasteiger partial charge in [-0.25, -0.2) is 0 Å². The topological polar surface area (TPSA) is 58.4 Å². The molecule has 23 heavy (non-hydrogen) atoms. The standard InChI is InChI=1S/C17H25N3O2.ClH/c1-13(16-4-2-3-5-17(16)20(21)22)19-10-8-15(9-11-19)18-12-14-6-7-14;/h2-5,13-15,18H,6-12H2,1H3;1H. The predicted octanol–water partition coefficient (Wildman–Crippen LogP) is 3.54. The molecule has 1 aliphatic carbocycles. The monoisotopic (exact) mass is 339 g/mol. The lowest BCUT2D eigenvalue weighted by Gasteiger charge is -2.36. The molecule has 1 aliphatic heterocycles. The summed E-state index contributed by atoms with van der Waals surface area (Å²) in [7, 11) is 0. The zero-order valence-electron chi connectivity index (χ0n) is 13.6. The largest absolute Gasteiger partial charge is 0.314 e. The van der Waals surface area contributed by atoms with E-state index in [0.717, 1.165) is 37.4 Å². The van der Waals surface area contributed by atoms with Gasteiger partial charge in [0.05, 0.1) is 4.92 Å². The maximum Gasteiger partial charge on any atom is 0.274 e.